The van der Waals surface area contributed by atoms with Crippen LogP contribution in [0.5, 0.6) is 0 Å². The predicted octanol–water partition coefficient (Wildman–Crippen LogP) is 1.56. The van der Waals surface area contributed by atoms with E-state index in [2.05, 4.69) is 10.3 Å². The SMILES string of the molecule is Cn1cncc1C(=O)NCC1CCCC1Cl. The molecule has 16 heavy (non-hydrogen) atoms. The van der Waals surface area contributed by atoms with Crippen LogP contribution in [0.25, 0.3) is 0 Å². The van der Waals surface area contributed by atoms with Crippen molar-refractivity contribution >= 4 is 17.5 Å². The van der Waals surface area contributed by atoms with Crippen molar-refractivity contribution in [1.29, 1.82) is 0 Å². The molecule has 0 radical (unpaired) electrons. The van der Waals surface area contributed by atoms with Gasteiger partial charge in [0.2, 0.25) is 0 Å². The summed E-state index contributed by atoms with van der Waals surface area (Å²) in [5, 5.41) is 3.13. The van der Waals surface area contributed by atoms with Gasteiger partial charge in [-0.1, -0.05) is 6.42 Å². The highest BCUT2D eigenvalue weighted by Crippen LogP contribution is 2.29. The molecule has 0 spiro atoms. The molecule has 2 unspecified atom stereocenters. The number of amides is 1. The van der Waals surface area contributed by atoms with Crippen LogP contribution in [0, 0.1) is 5.92 Å². The summed E-state index contributed by atoms with van der Waals surface area (Å²) in [6.45, 7) is 0.665. The van der Waals surface area contributed by atoms with Gasteiger partial charge in [0.05, 0.1) is 12.5 Å². The molecule has 1 saturated carbocycles. The van der Waals surface area contributed by atoms with Gasteiger partial charge < -0.3 is 9.88 Å². The summed E-state index contributed by atoms with van der Waals surface area (Å²) in [5.74, 6) is 0.342. The van der Waals surface area contributed by atoms with Gasteiger partial charge >= 0.3 is 0 Å². The zero-order valence-corrected chi connectivity index (χ0v) is 10.1. The molecule has 1 aliphatic carbocycles. The number of nitrogens with one attached hydrogen (secondary N) is 1. The smallest absolute Gasteiger partial charge is 0.269 e. The minimum absolute atomic E-state index is 0.0734. The zero-order valence-electron chi connectivity index (χ0n) is 9.32. The minimum Gasteiger partial charge on any atom is -0.350 e. The Kier molecular flexibility index (Phi) is 3.49. The van der Waals surface area contributed by atoms with Crippen molar-refractivity contribution in [3.63, 3.8) is 0 Å². The van der Waals surface area contributed by atoms with Crippen molar-refractivity contribution in [1.82, 2.24) is 14.9 Å². The number of rotatable bonds is 3. The van der Waals surface area contributed by atoms with Gasteiger partial charge in [0.1, 0.15) is 5.69 Å². The van der Waals surface area contributed by atoms with Gasteiger partial charge in [-0.3, -0.25) is 4.79 Å². The first-order valence-corrected chi connectivity index (χ1v) is 6.00. The number of carbonyl (C=O) groups excluding carboxylic acids is 1. The molecule has 0 saturated heterocycles. The monoisotopic (exact) mass is 241 g/mol. The van der Waals surface area contributed by atoms with Gasteiger partial charge in [-0.25, -0.2) is 4.98 Å². The number of aromatic nitrogens is 2. The molecule has 1 aromatic rings. The minimum atomic E-state index is -0.0734. The van der Waals surface area contributed by atoms with Gasteiger partial charge in [-0.05, 0) is 18.8 Å². The standard InChI is InChI=1S/C11H16ClN3O/c1-15-7-13-6-10(15)11(16)14-5-8-3-2-4-9(8)12/h6-9H,2-5H2,1H3,(H,14,16). The highest BCUT2D eigenvalue weighted by molar-refractivity contribution is 6.21. The fraction of sp³-hybridized carbons (Fsp3) is 0.636. The molecule has 1 N–H and O–H groups in total. The summed E-state index contributed by atoms with van der Waals surface area (Å²) in [7, 11) is 1.81. The van der Waals surface area contributed by atoms with E-state index in [1.54, 1.807) is 17.1 Å². The quantitative estimate of drug-likeness (QED) is 0.817. The van der Waals surface area contributed by atoms with E-state index in [1.807, 2.05) is 7.05 Å². The molecule has 2 atom stereocenters. The van der Waals surface area contributed by atoms with Crippen molar-refractivity contribution in [3.8, 4) is 0 Å². The van der Waals surface area contributed by atoms with E-state index in [9.17, 15) is 4.79 Å². The van der Waals surface area contributed by atoms with E-state index in [1.165, 1.54) is 6.42 Å². The number of hydrogen-bond donors (Lipinski definition) is 1. The van der Waals surface area contributed by atoms with Gasteiger partial charge in [-0.15, -0.1) is 11.6 Å². The number of alkyl halides is 1. The molecule has 2 rings (SSSR count). The highest BCUT2D eigenvalue weighted by Gasteiger charge is 2.25. The number of halogens is 1. The lowest BCUT2D eigenvalue weighted by atomic mass is 10.1. The summed E-state index contributed by atoms with van der Waals surface area (Å²) in [6.07, 6.45) is 6.53. The molecule has 0 aliphatic heterocycles. The molecule has 0 aromatic carbocycles. The lowest BCUT2D eigenvalue weighted by Crippen LogP contribution is -2.32. The maximum atomic E-state index is 11.8. The van der Waals surface area contributed by atoms with Gasteiger partial charge in [-0.2, -0.15) is 0 Å². The topological polar surface area (TPSA) is 46.9 Å². The Morgan fingerprint density at radius 2 is 2.50 bits per heavy atom. The van der Waals surface area contributed by atoms with Crippen molar-refractivity contribution in [2.75, 3.05) is 6.54 Å². The van der Waals surface area contributed by atoms with E-state index >= 15 is 0 Å². The molecule has 1 aromatic heterocycles. The van der Waals surface area contributed by atoms with E-state index in [-0.39, 0.29) is 11.3 Å². The first-order chi connectivity index (χ1) is 7.68. The third kappa shape index (κ3) is 2.38. The summed E-state index contributed by atoms with van der Waals surface area (Å²) in [6, 6.07) is 0. The molecule has 1 heterocycles. The maximum Gasteiger partial charge on any atom is 0.269 e. The van der Waals surface area contributed by atoms with Gasteiger partial charge in [0, 0.05) is 19.0 Å². The Bertz CT molecular complexity index is 377. The Balaban J connectivity index is 1.86. The van der Waals surface area contributed by atoms with Crippen LogP contribution in [0.15, 0.2) is 12.5 Å². The van der Waals surface area contributed by atoms with Crippen LogP contribution >= 0.6 is 11.6 Å². The number of nitrogens with zero attached hydrogens (tertiary/aromatic N) is 2. The Morgan fingerprint density at radius 1 is 1.69 bits per heavy atom. The number of carbonyl (C=O) groups is 1. The second kappa shape index (κ2) is 4.87. The van der Waals surface area contributed by atoms with Crippen molar-refractivity contribution in [3.05, 3.63) is 18.2 Å². The molecule has 1 fully saturated rings. The summed E-state index contributed by atoms with van der Waals surface area (Å²) >= 11 is 6.15. The van der Waals surface area contributed by atoms with Crippen molar-refractivity contribution < 1.29 is 4.79 Å². The third-order valence-corrected chi connectivity index (χ3v) is 3.72. The van der Waals surface area contributed by atoms with E-state index < -0.39 is 0 Å². The van der Waals surface area contributed by atoms with Crippen LogP contribution in [0.1, 0.15) is 29.8 Å². The molecule has 1 amide bonds. The molecule has 1 aliphatic rings. The van der Waals surface area contributed by atoms with Crippen LogP contribution in [0.4, 0.5) is 0 Å². The predicted molar refractivity (Wildman–Crippen MR) is 62.5 cm³/mol. The highest BCUT2D eigenvalue weighted by atomic mass is 35.5. The molecule has 0 bridgehead atoms. The van der Waals surface area contributed by atoms with Crippen LogP contribution < -0.4 is 5.32 Å². The van der Waals surface area contributed by atoms with E-state index in [0.29, 0.717) is 18.2 Å². The van der Waals surface area contributed by atoms with Crippen LogP contribution in [-0.4, -0.2) is 27.4 Å². The van der Waals surface area contributed by atoms with Crippen LogP contribution in [-0.2, 0) is 7.05 Å². The normalized spacial score (nSPS) is 24.6. The third-order valence-electron chi connectivity index (χ3n) is 3.14. The molecule has 5 heteroatoms. The van der Waals surface area contributed by atoms with Crippen LogP contribution in [0.2, 0.25) is 0 Å². The molecular weight excluding hydrogens is 226 g/mol. The lowest BCUT2D eigenvalue weighted by molar-refractivity contribution is 0.0939. The van der Waals surface area contributed by atoms with Crippen molar-refractivity contribution in [2.45, 2.75) is 24.6 Å². The Labute approximate surface area is 100.0 Å². The summed E-state index contributed by atoms with van der Waals surface area (Å²) in [5.41, 5.74) is 0.587. The van der Waals surface area contributed by atoms with Gasteiger partial charge in [0.15, 0.2) is 0 Å². The number of imidazole rings is 1. The first-order valence-electron chi connectivity index (χ1n) is 5.57. The first kappa shape index (κ1) is 11.5. The number of aryl methyl sites for hydroxylation is 1. The fourth-order valence-corrected chi connectivity index (χ4v) is 2.48. The Hall–Kier alpha value is -1.03. The maximum absolute atomic E-state index is 11.8. The Morgan fingerprint density at radius 3 is 3.06 bits per heavy atom. The second-order valence-corrected chi connectivity index (χ2v) is 4.87. The van der Waals surface area contributed by atoms with Crippen molar-refractivity contribution in [2.24, 2.45) is 13.0 Å². The summed E-state index contributed by atoms with van der Waals surface area (Å²) in [4.78, 5) is 15.7. The molecule has 88 valence electrons. The van der Waals surface area contributed by atoms with E-state index in [0.717, 1.165) is 12.8 Å². The largest absolute Gasteiger partial charge is 0.350 e. The van der Waals surface area contributed by atoms with Gasteiger partial charge in [0.25, 0.3) is 5.91 Å². The number of hydrogen-bond acceptors (Lipinski definition) is 2. The summed E-state index contributed by atoms with van der Waals surface area (Å²) < 4.78 is 1.71. The molecular formula is C11H16ClN3O. The average molecular weight is 242 g/mol. The average Bonchev–Trinajstić information content (AvgIpc) is 2.84. The fourth-order valence-electron chi connectivity index (χ4n) is 2.11. The molecule has 4 nitrogen and oxygen atoms in total. The lowest BCUT2D eigenvalue weighted by Gasteiger charge is -2.14. The zero-order chi connectivity index (χ0) is 11.5. The van der Waals surface area contributed by atoms with Crippen LogP contribution in [0.3, 0.4) is 0 Å². The second-order valence-electron chi connectivity index (χ2n) is 4.31. The van der Waals surface area contributed by atoms with E-state index in [4.69, 9.17) is 11.6 Å².